The van der Waals surface area contributed by atoms with Crippen LogP contribution in [0.2, 0.25) is 0 Å². The molecule has 6 nitrogen and oxygen atoms in total. The van der Waals surface area contributed by atoms with Crippen molar-refractivity contribution in [3.05, 3.63) is 101 Å². The molecule has 1 fully saturated rings. The summed E-state index contributed by atoms with van der Waals surface area (Å²) < 4.78 is 5.67. The largest absolute Gasteiger partial charge is 0.507 e. The van der Waals surface area contributed by atoms with E-state index in [9.17, 15) is 14.7 Å². The van der Waals surface area contributed by atoms with E-state index in [0.717, 1.165) is 17.5 Å². The molecule has 6 heteroatoms. The van der Waals surface area contributed by atoms with Crippen molar-refractivity contribution in [2.24, 2.45) is 0 Å². The zero-order chi connectivity index (χ0) is 22.5. The minimum Gasteiger partial charge on any atom is -0.507 e. The van der Waals surface area contributed by atoms with Crippen LogP contribution in [0.5, 0.6) is 5.75 Å². The first-order valence-electron chi connectivity index (χ1n) is 10.6. The number of nitrogens with zero attached hydrogens (tertiary/aromatic N) is 2. The Hall–Kier alpha value is -3.93. The van der Waals surface area contributed by atoms with Crippen LogP contribution in [0.1, 0.15) is 36.1 Å². The number of likely N-dealkylation sites (tertiary alicyclic amines) is 1. The van der Waals surface area contributed by atoms with Gasteiger partial charge in [-0.1, -0.05) is 55.5 Å². The van der Waals surface area contributed by atoms with E-state index in [1.807, 2.05) is 43.3 Å². The second kappa shape index (κ2) is 9.47. The standard InChI is InChI=1S/C26H24N2O4/c1-2-14-32-21-12-6-11-20(15-21)24(29)22-23(19-9-4-3-5-10-19)28(26(31)25(22)30)17-18-8-7-13-27-16-18/h3-13,15-16,23,29H,2,14,17H2,1H3. The maximum atomic E-state index is 13.1. The third-order valence-electron chi connectivity index (χ3n) is 5.31. The zero-order valence-corrected chi connectivity index (χ0v) is 17.8. The fourth-order valence-electron chi connectivity index (χ4n) is 3.82. The Morgan fingerprint density at radius 3 is 2.59 bits per heavy atom. The minimum absolute atomic E-state index is 0.0673. The maximum absolute atomic E-state index is 13.1. The summed E-state index contributed by atoms with van der Waals surface area (Å²) >= 11 is 0. The van der Waals surface area contributed by atoms with Gasteiger partial charge in [0.25, 0.3) is 11.7 Å². The van der Waals surface area contributed by atoms with Crippen LogP contribution in [0.25, 0.3) is 5.76 Å². The summed E-state index contributed by atoms with van der Waals surface area (Å²) in [6.07, 6.45) is 4.17. The molecule has 32 heavy (non-hydrogen) atoms. The third-order valence-corrected chi connectivity index (χ3v) is 5.31. The van der Waals surface area contributed by atoms with Crippen molar-refractivity contribution < 1.29 is 19.4 Å². The number of benzene rings is 2. The van der Waals surface area contributed by atoms with Gasteiger partial charge in [0, 0.05) is 24.5 Å². The summed E-state index contributed by atoms with van der Waals surface area (Å²) in [6, 6.07) is 19.1. The predicted octanol–water partition coefficient (Wildman–Crippen LogP) is 4.49. The molecule has 1 N–H and O–H groups in total. The number of hydrogen-bond acceptors (Lipinski definition) is 5. The lowest BCUT2D eigenvalue weighted by atomic mass is 9.95. The summed E-state index contributed by atoms with van der Waals surface area (Å²) in [7, 11) is 0. The molecule has 1 amide bonds. The van der Waals surface area contributed by atoms with Crippen LogP contribution in [-0.4, -0.2) is 33.3 Å². The van der Waals surface area contributed by atoms with Crippen LogP contribution in [0, 0.1) is 0 Å². The van der Waals surface area contributed by atoms with Gasteiger partial charge in [-0.3, -0.25) is 14.6 Å². The first-order valence-corrected chi connectivity index (χ1v) is 10.6. The van der Waals surface area contributed by atoms with Crippen molar-refractivity contribution in [2.75, 3.05) is 6.61 Å². The number of aliphatic hydroxyl groups is 1. The Labute approximate surface area is 186 Å². The Kier molecular flexibility index (Phi) is 6.31. The van der Waals surface area contributed by atoms with Gasteiger partial charge < -0.3 is 14.7 Å². The van der Waals surface area contributed by atoms with Gasteiger partial charge in [-0.15, -0.1) is 0 Å². The maximum Gasteiger partial charge on any atom is 0.295 e. The molecule has 3 aromatic rings. The Bertz CT molecular complexity index is 1140. The van der Waals surface area contributed by atoms with Gasteiger partial charge in [-0.25, -0.2) is 0 Å². The van der Waals surface area contributed by atoms with Crippen molar-refractivity contribution in [3.8, 4) is 5.75 Å². The Morgan fingerprint density at radius 1 is 1.06 bits per heavy atom. The molecular weight excluding hydrogens is 404 g/mol. The van der Waals surface area contributed by atoms with Gasteiger partial charge in [-0.05, 0) is 35.7 Å². The Balaban J connectivity index is 1.80. The molecular formula is C26H24N2O4. The number of aromatic nitrogens is 1. The van der Waals surface area contributed by atoms with Crippen LogP contribution >= 0.6 is 0 Å². The lowest BCUT2D eigenvalue weighted by Gasteiger charge is -2.25. The second-order valence-electron chi connectivity index (χ2n) is 7.58. The molecule has 0 aliphatic carbocycles. The smallest absolute Gasteiger partial charge is 0.295 e. The van der Waals surface area contributed by atoms with E-state index in [0.29, 0.717) is 17.9 Å². The van der Waals surface area contributed by atoms with Crippen LogP contribution in [0.15, 0.2) is 84.7 Å². The van der Waals surface area contributed by atoms with Crippen molar-refractivity contribution in [3.63, 3.8) is 0 Å². The lowest BCUT2D eigenvalue weighted by Crippen LogP contribution is -2.29. The molecule has 1 saturated heterocycles. The summed E-state index contributed by atoms with van der Waals surface area (Å²) in [5, 5.41) is 11.2. The van der Waals surface area contributed by atoms with E-state index in [-0.39, 0.29) is 17.9 Å². The number of ether oxygens (including phenoxy) is 1. The number of amides is 1. The summed E-state index contributed by atoms with van der Waals surface area (Å²) in [6.45, 7) is 2.76. The van der Waals surface area contributed by atoms with E-state index in [2.05, 4.69) is 4.98 Å². The van der Waals surface area contributed by atoms with Crippen molar-refractivity contribution in [1.29, 1.82) is 0 Å². The summed E-state index contributed by atoms with van der Waals surface area (Å²) in [5.41, 5.74) is 2.04. The van der Waals surface area contributed by atoms with Crippen LogP contribution in [0.4, 0.5) is 0 Å². The highest BCUT2D eigenvalue weighted by Crippen LogP contribution is 2.40. The van der Waals surface area contributed by atoms with Gasteiger partial charge in [0.15, 0.2) is 0 Å². The highest BCUT2D eigenvalue weighted by Gasteiger charge is 2.46. The molecule has 2 aromatic carbocycles. The molecule has 0 saturated carbocycles. The second-order valence-corrected chi connectivity index (χ2v) is 7.58. The van der Waals surface area contributed by atoms with Crippen molar-refractivity contribution >= 4 is 17.4 Å². The molecule has 162 valence electrons. The van der Waals surface area contributed by atoms with Crippen LogP contribution < -0.4 is 4.74 Å². The normalized spacial score (nSPS) is 17.5. The topological polar surface area (TPSA) is 79.7 Å². The van der Waals surface area contributed by atoms with E-state index >= 15 is 0 Å². The number of carbonyl (C=O) groups excluding carboxylic acids is 2. The first-order chi connectivity index (χ1) is 15.6. The number of rotatable bonds is 7. The van der Waals surface area contributed by atoms with E-state index in [1.54, 1.807) is 42.7 Å². The molecule has 0 bridgehead atoms. The van der Waals surface area contributed by atoms with Gasteiger partial charge in [0.05, 0.1) is 18.2 Å². The SMILES string of the molecule is CCCOc1cccc(C(O)=C2C(=O)C(=O)N(Cc3cccnc3)C2c2ccccc2)c1. The third kappa shape index (κ3) is 4.25. The minimum atomic E-state index is -0.711. The molecule has 1 aromatic heterocycles. The average Bonchev–Trinajstić information content (AvgIpc) is 3.08. The number of carbonyl (C=O) groups is 2. The van der Waals surface area contributed by atoms with Gasteiger partial charge >= 0.3 is 0 Å². The van der Waals surface area contributed by atoms with Crippen LogP contribution in [0.3, 0.4) is 0 Å². The molecule has 1 atom stereocenters. The van der Waals surface area contributed by atoms with Crippen molar-refractivity contribution in [1.82, 2.24) is 9.88 Å². The molecule has 0 spiro atoms. The molecule has 4 rings (SSSR count). The fraction of sp³-hybridized carbons (Fsp3) is 0.192. The molecule has 2 heterocycles. The van der Waals surface area contributed by atoms with Crippen molar-refractivity contribution in [2.45, 2.75) is 25.9 Å². The van der Waals surface area contributed by atoms with E-state index < -0.39 is 17.7 Å². The van der Waals surface area contributed by atoms with E-state index in [1.165, 1.54) is 4.90 Å². The van der Waals surface area contributed by atoms with Gasteiger partial charge in [0.1, 0.15) is 11.5 Å². The lowest BCUT2D eigenvalue weighted by molar-refractivity contribution is -0.140. The monoisotopic (exact) mass is 428 g/mol. The number of hydrogen-bond donors (Lipinski definition) is 1. The molecule has 0 radical (unpaired) electrons. The quantitative estimate of drug-likeness (QED) is 0.341. The highest BCUT2D eigenvalue weighted by atomic mass is 16.5. The average molecular weight is 428 g/mol. The predicted molar refractivity (Wildman–Crippen MR) is 121 cm³/mol. The van der Waals surface area contributed by atoms with Gasteiger partial charge in [-0.2, -0.15) is 0 Å². The summed E-state index contributed by atoms with van der Waals surface area (Å²) in [5.74, 6) is -0.979. The zero-order valence-electron chi connectivity index (χ0n) is 17.8. The number of pyridine rings is 1. The first kappa shape index (κ1) is 21.3. The summed E-state index contributed by atoms with van der Waals surface area (Å²) in [4.78, 5) is 31.7. The number of Topliss-reactive ketones (excluding diaryl/α,β-unsaturated/α-hetero) is 1. The highest BCUT2D eigenvalue weighted by molar-refractivity contribution is 6.46. The van der Waals surface area contributed by atoms with Crippen LogP contribution in [-0.2, 0) is 16.1 Å². The Morgan fingerprint density at radius 2 is 1.88 bits per heavy atom. The molecule has 1 aliphatic rings. The molecule has 1 aliphatic heterocycles. The number of ketones is 1. The number of aliphatic hydroxyl groups excluding tert-OH is 1. The molecule has 1 unspecified atom stereocenters. The van der Waals surface area contributed by atoms with E-state index in [4.69, 9.17) is 4.74 Å². The fourth-order valence-corrected chi connectivity index (χ4v) is 3.82. The van der Waals surface area contributed by atoms with Gasteiger partial charge in [0.2, 0.25) is 0 Å².